The van der Waals surface area contributed by atoms with Gasteiger partial charge in [0, 0.05) is 18.0 Å². The molecule has 6 heteroatoms. The van der Waals surface area contributed by atoms with Crippen molar-refractivity contribution in [3.63, 3.8) is 0 Å². The molecule has 5 nitrogen and oxygen atoms in total. The molecule has 0 saturated heterocycles. The summed E-state index contributed by atoms with van der Waals surface area (Å²) in [5.74, 6) is 0.571. The van der Waals surface area contributed by atoms with E-state index in [1.165, 1.54) is 0 Å². The van der Waals surface area contributed by atoms with Gasteiger partial charge in [0.2, 0.25) is 0 Å². The number of hydrogen-bond donors (Lipinski definition) is 2. The van der Waals surface area contributed by atoms with Crippen molar-refractivity contribution in [1.29, 1.82) is 0 Å². The minimum Gasteiger partial charge on any atom is -0.493 e. The highest BCUT2D eigenvalue weighted by molar-refractivity contribution is 7.98. The smallest absolute Gasteiger partial charge is 0.304 e. The maximum Gasteiger partial charge on any atom is 0.304 e. The Hall–Kier alpha value is -1.40. The van der Waals surface area contributed by atoms with E-state index in [0.717, 1.165) is 10.5 Å². The summed E-state index contributed by atoms with van der Waals surface area (Å²) in [5, 5.41) is 11.7. The molecule has 0 aliphatic heterocycles. The van der Waals surface area contributed by atoms with Gasteiger partial charge >= 0.3 is 5.97 Å². The minimum absolute atomic E-state index is 0.113. The molecule has 0 saturated carbocycles. The standard InChI is InChI=1S/C13H19NO4S/c1-17-10-6-9(8-14-5-4-13(15)16)12(19-3)7-11(10)18-2/h6-7,14H,4-5,8H2,1-3H3,(H,15,16). The highest BCUT2D eigenvalue weighted by Crippen LogP contribution is 2.34. The molecule has 0 aliphatic carbocycles. The maximum atomic E-state index is 10.4. The van der Waals surface area contributed by atoms with E-state index < -0.39 is 5.97 Å². The predicted molar refractivity (Wildman–Crippen MR) is 75.3 cm³/mol. The summed E-state index contributed by atoms with van der Waals surface area (Å²) in [6.07, 6.45) is 2.10. The largest absolute Gasteiger partial charge is 0.493 e. The van der Waals surface area contributed by atoms with Gasteiger partial charge in [0.1, 0.15) is 0 Å². The van der Waals surface area contributed by atoms with Crippen LogP contribution < -0.4 is 14.8 Å². The Balaban J connectivity index is 2.77. The van der Waals surface area contributed by atoms with Crippen LogP contribution in [-0.4, -0.2) is 38.1 Å². The number of nitrogens with one attached hydrogen (secondary N) is 1. The Morgan fingerprint density at radius 2 is 1.95 bits per heavy atom. The summed E-state index contributed by atoms with van der Waals surface area (Å²) in [6, 6.07) is 3.84. The van der Waals surface area contributed by atoms with Crippen molar-refractivity contribution in [3.8, 4) is 11.5 Å². The quantitative estimate of drug-likeness (QED) is 0.562. The Morgan fingerprint density at radius 1 is 1.32 bits per heavy atom. The van der Waals surface area contributed by atoms with Crippen LogP contribution in [0.1, 0.15) is 12.0 Å². The summed E-state index contributed by atoms with van der Waals surface area (Å²) in [6.45, 7) is 1.04. The molecule has 0 aromatic heterocycles. The number of carboxylic acids is 1. The second-order valence-corrected chi connectivity index (χ2v) is 4.69. The summed E-state index contributed by atoms with van der Waals surface area (Å²) in [7, 11) is 3.20. The normalized spacial score (nSPS) is 10.3. The van der Waals surface area contributed by atoms with Crippen LogP contribution in [0.25, 0.3) is 0 Å². The Morgan fingerprint density at radius 3 is 2.47 bits per heavy atom. The van der Waals surface area contributed by atoms with Crippen LogP contribution in [-0.2, 0) is 11.3 Å². The average Bonchev–Trinajstić information content (AvgIpc) is 2.42. The molecular weight excluding hydrogens is 266 g/mol. The molecule has 0 fully saturated rings. The number of carboxylic acid groups (broad SMARTS) is 1. The first-order chi connectivity index (χ1) is 9.12. The topological polar surface area (TPSA) is 67.8 Å². The zero-order valence-electron chi connectivity index (χ0n) is 11.4. The Kier molecular flexibility index (Phi) is 6.52. The van der Waals surface area contributed by atoms with E-state index in [2.05, 4.69) is 5.32 Å². The van der Waals surface area contributed by atoms with Crippen LogP contribution in [0.4, 0.5) is 0 Å². The van der Waals surface area contributed by atoms with E-state index in [9.17, 15) is 4.79 Å². The van der Waals surface area contributed by atoms with Crippen LogP contribution in [0.3, 0.4) is 0 Å². The van der Waals surface area contributed by atoms with E-state index >= 15 is 0 Å². The molecule has 0 bridgehead atoms. The molecule has 106 valence electrons. The van der Waals surface area contributed by atoms with Crippen molar-refractivity contribution < 1.29 is 19.4 Å². The molecular formula is C13H19NO4S. The number of rotatable bonds is 8. The molecule has 1 aromatic rings. The van der Waals surface area contributed by atoms with E-state index in [1.807, 2.05) is 18.4 Å². The zero-order valence-corrected chi connectivity index (χ0v) is 12.2. The van der Waals surface area contributed by atoms with Gasteiger partial charge in [-0.15, -0.1) is 11.8 Å². The molecule has 0 heterocycles. The molecule has 0 aliphatic rings. The van der Waals surface area contributed by atoms with Gasteiger partial charge in [-0.2, -0.15) is 0 Å². The molecule has 0 amide bonds. The van der Waals surface area contributed by atoms with Crippen LogP contribution in [0.15, 0.2) is 17.0 Å². The van der Waals surface area contributed by atoms with Gasteiger partial charge < -0.3 is 19.9 Å². The fraction of sp³-hybridized carbons (Fsp3) is 0.462. The fourth-order valence-electron chi connectivity index (χ4n) is 1.65. The molecule has 0 spiro atoms. The van der Waals surface area contributed by atoms with Gasteiger partial charge in [-0.3, -0.25) is 4.79 Å². The van der Waals surface area contributed by atoms with Crippen molar-refractivity contribution in [3.05, 3.63) is 17.7 Å². The minimum atomic E-state index is -0.801. The zero-order chi connectivity index (χ0) is 14.3. The molecule has 0 unspecified atom stereocenters. The van der Waals surface area contributed by atoms with Crippen molar-refractivity contribution >= 4 is 17.7 Å². The SMILES string of the molecule is COc1cc(CNCCC(=O)O)c(SC)cc1OC. The van der Waals surface area contributed by atoms with Crippen LogP contribution in [0.5, 0.6) is 11.5 Å². The number of carbonyl (C=O) groups is 1. The molecule has 2 N–H and O–H groups in total. The molecule has 0 radical (unpaired) electrons. The number of ether oxygens (including phenoxy) is 2. The summed E-state index contributed by atoms with van der Waals surface area (Å²) < 4.78 is 10.5. The lowest BCUT2D eigenvalue weighted by molar-refractivity contribution is -0.136. The van der Waals surface area contributed by atoms with Crippen molar-refractivity contribution in [2.45, 2.75) is 17.9 Å². The van der Waals surface area contributed by atoms with E-state index in [4.69, 9.17) is 14.6 Å². The molecule has 1 rings (SSSR count). The lowest BCUT2D eigenvalue weighted by atomic mass is 10.2. The first-order valence-corrected chi connectivity index (χ1v) is 7.06. The van der Waals surface area contributed by atoms with Gasteiger partial charge in [-0.25, -0.2) is 0 Å². The van der Waals surface area contributed by atoms with Crippen LogP contribution in [0, 0.1) is 0 Å². The summed E-state index contributed by atoms with van der Waals surface area (Å²) in [4.78, 5) is 11.5. The van der Waals surface area contributed by atoms with E-state index in [1.54, 1.807) is 26.0 Å². The van der Waals surface area contributed by atoms with E-state index in [-0.39, 0.29) is 6.42 Å². The third kappa shape index (κ3) is 4.65. The first kappa shape index (κ1) is 15.7. The highest BCUT2D eigenvalue weighted by atomic mass is 32.2. The fourth-order valence-corrected chi connectivity index (χ4v) is 2.27. The number of aliphatic carboxylic acids is 1. The van der Waals surface area contributed by atoms with Gasteiger partial charge in [0.25, 0.3) is 0 Å². The van der Waals surface area contributed by atoms with Crippen molar-refractivity contribution in [1.82, 2.24) is 5.32 Å². The lowest BCUT2D eigenvalue weighted by Gasteiger charge is -2.14. The number of hydrogen-bond acceptors (Lipinski definition) is 5. The van der Waals surface area contributed by atoms with Gasteiger partial charge in [-0.1, -0.05) is 0 Å². The predicted octanol–water partition coefficient (Wildman–Crippen LogP) is 1.99. The Bertz CT molecular complexity index is 437. The highest BCUT2D eigenvalue weighted by Gasteiger charge is 2.10. The third-order valence-corrected chi connectivity index (χ3v) is 3.44. The van der Waals surface area contributed by atoms with Crippen molar-refractivity contribution in [2.75, 3.05) is 27.0 Å². The monoisotopic (exact) mass is 285 g/mol. The summed E-state index contributed by atoms with van der Waals surface area (Å²) >= 11 is 1.62. The van der Waals surface area contributed by atoms with Gasteiger partial charge in [0.15, 0.2) is 11.5 Å². The van der Waals surface area contributed by atoms with E-state index in [0.29, 0.717) is 24.6 Å². The summed E-state index contributed by atoms with van der Waals surface area (Å²) in [5.41, 5.74) is 1.07. The van der Waals surface area contributed by atoms with Crippen molar-refractivity contribution in [2.24, 2.45) is 0 Å². The first-order valence-electron chi connectivity index (χ1n) is 5.83. The molecule has 1 aromatic carbocycles. The number of thioether (sulfide) groups is 1. The van der Waals surface area contributed by atoms with Crippen LogP contribution in [0.2, 0.25) is 0 Å². The average molecular weight is 285 g/mol. The maximum absolute atomic E-state index is 10.4. The second kappa shape index (κ2) is 7.91. The van der Waals surface area contributed by atoms with Gasteiger partial charge in [0.05, 0.1) is 20.6 Å². The number of benzene rings is 1. The molecule has 0 atom stereocenters. The second-order valence-electron chi connectivity index (χ2n) is 3.84. The Labute approximate surface area is 117 Å². The third-order valence-electron chi connectivity index (χ3n) is 2.62. The lowest BCUT2D eigenvalue weighted by Crippen LogP contribution is -2.18. The van der Waals surface area contributed by atoms with Gasteiger partial charge in [-0.05, 0) is 24.0 Å². The van der Waals surface area contributed by atoms with Crippen LogP contribution >= 0.6 is 11.8 Å². The molecule has 19 heavy (non-hydrogen) atoms. The number of methoxy groups -OCH3 is 2.